The Bertz CT molecular complexity index is 577. The highest BCUT2D eigenvalue weighted by atomic mass is 127. The third-order valence-corrected chi connectivity index (χ3v) is 4.05. The van der Waals surface area contributed by atoms with E-state index in [0.29, 0.717) is 17.0 Å². The van der Waals surface area contributed by atoms with E-state index >= 15 is 0 Å². The van der Waals surface area contributed by atoms with Crippen LogP contribution in [0.1, 0.15) is 26.0 Å². The van der Waals surface area contributed by atoms with Gasteiger partial charge in [-0.2, -0.15) is 0 Å². The minimum atomic E-state index is -0.121. The van der Waals surface area contributed by atoms with Crippen LogP contribution in [-0.4, -0.2) is 31.7 Å². The maximum absolute atomic E-state index is 6.00. The fourth-order valence-electron chi connectivity index (χ4n) is 2.41. The largest absolute Gasteiger partial charge is 0.382 e. The summed E-state index contributed by atoms with van der Waals surface area (Å²) in [6.45, 7) is 2.09. The summed E-state index contributed by atoms with van der Waals surface area (Å²) in [6, 6.07) is 0. The molecule has 1 aliphatic heterocycles. The molecule has 0 aromatic carbocycles. The zero-order valence-corrected chi connectivity index (χ0v) is 12.5. The van der Waals surface area contributed by atoms with Gasteiger partial charge in [-0.3, -0.25) is 4.57 Å². The summed E-state index contributed by atoms with van der Waals surface area (Å²) >= 11 is 1.93. The molecule has 1 saturated heterocycles. The van der Waals surface area contributed by atoms with Crippen LogP contribution in [0.4, 0.5) is 5.82 Å². The predicted molar refractivity (Wildman–Crippen MR) is 77.4 cm³/mol. The Balaban J connectivity index is 1.95. The van der Waals surface area contributed by atoms with Gasteiger partial charge in [-0.25, -0.2) is 15.0 Å². The molecule has 8 heteroatoms. The van der Waals surface area contributed by atoms with Crippen LogP contribution in [-0.2, 0) is 7.80 Å². The molecule has 1 fully saturated rings. The first-order chi connectivity index (χ1) is 9.24. The first-order valence-corrected chi connectivity index (χ1v) is 6.98. The van der Waals surface area contributed by atoms with Crippen molar-refractivity contribution >= 4 is 40.0 Å². The number of hydrogen-bond donors (Lipinski definition) is 1. The van der Waals surface area contributed by atoms with Gasteiger partial charge in [0.1, 0.15) is 47.2 Å². The summed E-state index contributed by atoms with van der Waals surface area (Å²) in [7, 11) is 0. The molecule has 3 atom stereocenters. The van der Waals surface area contributed by atoms with Crippen LogP contribution in [0.15, 0.2) is 12.7 Å². The SMILES string of the molecule is CC[C@H]1O[C@@H](n2cnc3c(N)ncnc32)CC1OI. The Labute approximate surface area is 124 Å². The average molecular weight is 375 g/mol. The van der Waals surface area contributed by atoms with E-state index in [-0.39, 0.29) is 18.4 Å². The second-order valence-corrected chi connectivity index (χ2v) is 4.99. The lowest BCUT2D eigenvalue weighted by Crippen LogP contribution is -2.19. The van der Waals surface area contributed by atoms with Crippen molar-refractivity contribution in [2.75, 3.05) is 5.73 Å². The topological polar surface area (TPSA) is 88.1 Å². The highest BCUT2D eigenvalue weighted by molar-refractivity contribution is 14.1. The molecule has 102 valence electrons. The fraction of sp³-hybridized carbons (Fsp3) is 0.545. The second kappa shape index (κ2) is 5.17. The molecule has 7 nitrogen and oxygen atoms in total. The molecule has 2 N–H and O–H groups in total. The van der Waals surface area contributed by atoms with Crippen molar-refractivity contribution in [1.82, 2.24) is 19.5 Å². The molecule has 0 aliphatic carbocycles. The fourth-order valence-corrected chi connectivity index (χ4v) is 2.94. The molecular formula is C11H14IN5O2. The number of hydrogen-bond acceptors (Lipinski definition) is 6. The summed E-state index contributed by atoms with van der Waals surface area (Å²) in [4.78, 5) is 12.4. The quantitative estimate of drug-likeness (QED) is 0.824. The summed E-state index contributed by atoms with van der Waals surface area (Å²) in [5.74, 6) is 0.385. The number of nitrogens with zero attached hydrogens (tertiary/aromatic N) is 4. The number of aromatic nitrogens is 4. The van der Waals surface area contributed by atoms with E-state index in [1.165, 1.54) is 6.33 Å². The standard InChI is InChI=1S/C11H14IN5O2/c1-2-6-7(19-12)3-8(18-6)17-5-16-9-10(13)14-4-15-11(9)17/h4-8H,2-3H2,1H3,(H2,13,14,15)/t6-,7?,8-/m1/s1. The second-order valence-electron chi connectivity index (χ2n) is 4.48. The van der Waals surface area contributed by atoms with Crippen molar-refractivity contribution in [3.05, 3.63) is 12.7 Å². The van der Waals surface area contributed by atoms with E-state index in [4.69, 9.17) is 13.5 Å². The highest BCUT2D eigenvalue weighted by Crippen LogP contribution is 2.34. The number of rotatable bonds is 3. The molecule has 3 heterocycles. The van der Waals surface area contributed by atoms with Crippen LogP contribution in [0.3, 0.4) is 0 Å². The summed E-state index contributed by atoms with van der Waals surface area (Å²) < 4.78 is 13.3. The molecule has 2 aromatic heterocycles. The molecule has 0 spiro atoms. The van der Waals surface area contributed by atoms with E-state index in [0.717, 1.165) is 12.8 Å². The zero-order valence-electron chi connectivity index (χ0n) is 10.4. The van der Waals surface area contributed by atoms with Crippen molar-refractivity contribution in [1.29, 1.82) is 0 Å². The Morgan fingerprint density at radius 3 is 3.05 bits per heavy atom. The maximum atomic E-state index is 6.00. The smallest absolute Gasteiger partial charge is 0.167 e. The van der Waals surface area contributed by atoms with Gasteiger partial charge in [0.25, 0.3) is 0 Å². The van der Waals surface area contributed by atoms with Crippen LogP contribution < -0.4 is 5.73 Å². The molecule has 1 unspecified atom stereocenters. The van der Waals surface area contributed by atoms with E-state index < -0.39 is 0 Å². The first-order valence-electron chi connectivity index (χ1n) is 6.10. The molecule has 0 radical (unpaired) electrons. The molecule has 1 aliphatic rings. The minimum Gasteiger partial charge on any atom is -0.382 e. The number of halogens is 1. The average Bonchev–Trinajstić information content (AvgIpc) is 3.02. The number of anilines is 1. The monoisotopic (exact) mass is 375 g/mol. The van der Waals surface area contributed by atoms with Crippen LogP contribution in [0.2, 0.25) is 0 Å². The van der Waals surface area contributed by atoms with Gasteiger partial charge in [-0.1, -0.05) is 6.92 Å². The normalized spacial score (nSPS) is 27.2. The lowest BCUT2D eigenvalue weighted by molar-refractivity contribution is -0.00969. The highest BCUT2D eigenvalue weighted by Gasteiger charge is 2.36. The van der Waals surface area contributed by atoms with Crippen LogP contribution in [0.25, 0.3) is 11.2 Å². The molecule has 0 amide bonds. The van der Waals surface area contributed by atoms with E-state index in [1.54, 1.807) is 6.33 Å². The van der Waals surface area contributed by atoms with Gasteiger partial charge in [0.15, 0.2) is 11.5 Å². The van der Waals surface area contributed by atoms with Crippen molar-refractivity contribution in [2.45, 2.75) is 38.2 Å². The number of fused-ring (bicyclic) bond motifs is 1. The van der Waals surface area contributed by atoms with Gasteiger partial charge >= 0.3 is 0 Å². The van der Waals surface area contributed by atoms with Crippen LogP contribution in [0.5, 0.6) is 0 Å². The third-order valence-electron chi connectivity index (χ3n) is 3.39. The molecule has 0 saturated carbocycles. The van der Waals surface area contributed by atoms with Gasteiger partial charge in [-0.05, 0) is 6.42 Å². The molecule has 3 rings (SSSR count). The van der Waals surface area contributed by atoms with Gasteiger partial charge < -0.3 is 13.5 Å². The Kier molecular flexibility index (Phi) is 3.54. The van der Waals surface area contributed by atoms with Gasteiger partial charge in [-0.15, -0.1) is 0 Å². The van der Waals surface area contributed by atoms with Crippen molar-refractivity contribution < 1.29 is 7.80 Å². The van der Waals surface area contributed by atoms with Crippen molar-refractivity contribution in [3.8, 4) is 0 Å². The lowest BCUT2D eigenvalue weighted by Gasteiger charge is -2.14. The summed E-state index contributed by atoms with van der Waals surface area (Å²) in [5.41, 5.74) is 7.09. The zero-order chi connectivity index (χ0) is 13.4. The van der Waals surface area contributed by atoms with Gasteiger partial charge in [0.2, 0.25) is 0 Å². The van der Waals surface area contributed by atoms with Gasteiger partial charge in [0, 0.05) is 6.42 Å². The lowest BCUT2D eigenvalue weighted by atomic mass is 10.1. The molecule has 19 heavy (non-hydrogen) atoms. The number of imidazole rings is 1. The Hall–Kier alpha value is -1.00. The molecule has 0 bridgehead atoms. The van der Waals surface area contributed by atoms with Gasteiger partial charge in [0.05, 0.1) is 12.4 Å². The predicted octanol–water partition coefficient (Wildman–Crippen LogP) is 1.84. The van der Waals surface area contributed by atoms with Crippen molar-refractivity contribution in [2.24, 2.45) is 0 Å². The summed E-state index contributed by atoms with van der Waals surface area (Å²) in [5, 5.41) is 0. The number of nitrogen functional groups attached to an aromatic ring is 1. The maximum Gasteiger partial charge on any atom is 0.167 e. The third kappa shape index (κ3) is 2.17. The Morgan fingerprint density at radius 2 is 2.37 bits per heavy atom. The number of ether oxygens (including phenoxy) is 1. The molecular weight excluding hydrogens is 361 g/mol. The summed E-state index contributed by atoms with van der Waals surface area (Å²) in [6.07, 6.45) is 4.89. The van der Waals surface area contributed by atoms with Crippen molar-refractivity contribution in [3.63, 3.8) is 0 Å². The number of nitrogens with two attached hydrogens (primary N) is 1. The van der Waals surface area contributed by atoms with E-state index in [1.807, 2.05) is 27.6 Å². The van der Waals surface area contributed by atoms with Crippen LogP contribution >= 0.6 is 23.0 Å². The first kappa shape index (κ1) is 13.0. The molecule has 2 aromatic rings. The van der Waals surface area contributed by atoms with E-state index in [2.05, 4.69) is 21.9 Å². The Morgan fingerprint density at radius 1 is 1.53 bits per heavy atom. The minimum absolute atomic E-state index is 0.0900. The van der Waals surface area contributed by atoms with E-state index in [9.17, 15) is 0 Å². The van der Waals surface area contributed by atoms with Crippen LogP contribution in [0, 0.1) is 0 Å².